The van der Waals surface area contributed by atoms with Crippen molar-refractivity contribution in [1.29, 1.82) is 0 Å². The van der Waals surface area contributed by atoms with E-state index in [1.165, 1.54) is 4.88 Å². The number of nitrogens with one attached hydrogen (secondary N) is 1. The monoisotopic (exact) mass is 287 g/mol. The van der Waals surface area contributed by atoms with Crippen molar-refractivity contribution in [3.8, 4) is 0 Å². The summed E-state index contributed by atoms with van der Waals surface area (Å²) in [5.74, 6) is 1.23. The van der Waals surface area contributed by atoms with Crippen LogP contribution in [-0.2, 0) is 13.1 Å². The van der Waals surface area contributed by atoms with Gasteiger partial charge in [0.25, 0.3) is 0 Å². The van der Waals surface area contributed by atoms with Crippen molar-refractivity contribution in [3.63, 3.8) is 0 Å². The van der Waals surface area contributed by atoms with Crippen LogP contribution in [0.3, 0.4) is 0 Å². The van der Waals surface area contributed by atoms with Gasteiger partial charge in [-0.2, -0.15) is 0 Å². The molecular weight excluding hydrogens is 278 g/mol. The van der Waals surface area contributed by atoms with E-state index in [2.05, 4.69) is 37.5 Å². The van der Waals surface area contributed by atoms with Crippen LogP contribution in [0, 0.1) is 6.92 Å². The first-order chi connectivity index (χ1) is 7.24. The summed E-state index contributed by atoms with van der Waals surface area (Å²) in [5, 5.41) is 10.9. The van der Waals surface area contributed by atoms with Gasteiger partial charge < -0.3 is 9.73 Å². The van der Waals surface area contributed by atoms with Gasteiger partial charge in [0.1, 0.15) is 0 Å². The number of halogens is 1. The Morgan fingerprint density at radius 3 is 2.87 bits per heavy atom. The Labute approximate surface area is 99.8 Å². The molecule has 0 fully saturated rings. The molecule has 0 amide bonds. The summed E-state index contributed by atoms with van der Waals surface area (Å²) < 4.78 is 6.38. The highest BCUT2D eigenvalue weighted by Crippen LogP contribution is 2.21. The summed E-state index contributed by atoms with van der Waals surface area (Å²) in [6.07, 6.45) is 0. The highest BCUT2D eigenvalue weighted by atomic mass is 79.9. The van der Waals surface area contributed by atoms with Crippen LogP contribution >= 0.6 is 27.3 Å². The second-order valence-electron chi connectivity index (χ2n) is 3.02. The molecule has 2 rings (SSSR count). The molecule has 80 valence electrons. The first-order valence-corrected chi connectivity index (χ1v) is 6.09. The van der Waals surface area contributed by atoms with E-state index in [-0.39, 0.29) is 0 Å². The van der Waals surface area contributed by atoms with Crippen LogP contribution in [-0.4, -0.2) is 10.2 Å². The van der Waals surface area contributed by atoms with Crippen LogP contribution in [0.1, 0.15) is 16.7 Å². The van der Waals surface area contributed by atoms with Gasteiger partial charge in [0.15, 0.2) is 0 Å². The molecule has 0 aliphatic carbocycles. The second-order valence-corrected chi connectivity index (χ2v) is 5.57. The summed E-state index contributed by atoms with van der Waals surface area (Å²) in [6.45, 7) is 3.21. The van der Waals surface area contributed by atoms with E-state index in [1.807, 2.05) is 6.07 Å². The predicted octanol–water partition coefficient (Wildman–Crippen LogP) is 2.49. The molecule has 0 bridgehead atoms. The van der Waals surface area contributed by atoms with Crippen molar-refractivity contribution in [1.82, 2.24) is 15.5 Å². The minimum Gasteiger partial charge on any atom is -0.424 e. The molecule has 2 aromatic rings. The smallest absolute Gasteiger partial charge is 0.230 e. The van der Waals surface area contributed by atoms with Gasteiger partial charge in [-0.15, -0.1) is 21.5 Å². The molecule has 6 heteroatoms. The van der Waals surface area contributed by atoms with Gasteiger partial charge in [0, 0.05) is 18.3 Å². The number of rotatable bonds is 4. The predicted molar refractivity (Wildman–Crippen MR) is 61.6 cm³/mol. The van der Waals surface area contributed by atoms with Crippen LogP contribution < -0.4 is 5.32 Å². The Morgan fingerprint density at radius 2 is 2.27 bits per heavy atom. The van der Waals surface area contributed by atoms with Gasteiger partial charge in [0.2, 0.25) is 11.8 Å². The maximum Gasteiger partial charge on any atom is 0.230 e. The molecule has 0 radical (unpaired) electrons. The Morgan fingerprint density at radius 1 is 1.40 bits per heavy atom. The van der Waals surface area contributed by atoms with Crippen molar-refractivity contribution in [2.24, 2.45) is 0 Å². The zero-order valence-electron chi connectivity index (χ0n) is 8.16. The van der Waals surface area contributed by atoms with Crippen molar-refractivity contribution in [2.45, 2.75) is 20.0 Å². The average molecular weight is 288 g/mol. The van der Waals surface area contributed by atoms with Crippen LogP contribution in [0.4, 0.5) is 0 Å². The molecule has 0 unspecified atom stereocenters. The molecule has 0 aliphatic heterocycles. The van der Waals surface area contributed by atoms with Crippen molar-refractivity contribution in [2.75, 3.05) is 0 Å². The number of nitrogens with zero attached hydrogens (tertiary/aromatic N) is 2. The summed E-state index contributed by atoms with van der Waals surface area (Å²) in [6, 6.07) is 4.12. The van der Waals surface area contributed by atoms with Crippen molar-refractivity contribution in [3.05, 3.63) is 32.6 Å². The normalized spacial score (nSPS) is 10.8. The van der Waals surface area contributed by atoms with Crippen LogP contribution in [0.25, 0.3) is 0 Å². The van der Waals surface area contributed by atoms with Crippen molar-refractivity contribution < 1.29 is 4.42 Å². The largest absolute Gasteiger partial charge is 0.424 e. The lowest BCUT2D eigenvalue weighted by Gasteiger charge is -1.97. The molecule has 0 spiro atoms. The fourth-order valence-electron chi connectivity index (χ4n) is 1.15. The molecule has 4 nitrogen and oxygen atoms in total. The highest BCUT2D eigenvalue weighted by Gasteiger charge is 2.02. The van der Waals surface area contributed by atoms with Crippen LogP contribution in [0.2, 0.25) is 0 Å². The van der Waals surface area contributed by atoms with E-state index < -0.39 is 0 Å². The molecule has 1 N–H and O–H groups in total. The Hall–Kier alpha value is -0.720. The van der Waals surface area contributed by atoms with E-state index in [4.69, 9.17) is 4.42 Å². The Bertz CT molecular complexity index is 400. The molecule has 0 aliphatic rings. The average Bonchev–Trinajstić information content (AvgIpc) is 2.76. The van der Waals surface area contributed by atoms with Gasteiger partial charge in [-0.05, 0) is 28.1 Å². The second kappa shape index (κ2) is 4.87. The topological polar surface area (TPSA) is 51.0 Å². The lowest BCUT2D eigenvalue weighted by molar-refractivity contribution is 0.447. The molecular formula is C9H10BrN3OS. The minimum absolute atomic E-state index is 0.602. The first-order valence-electron chi connectivity index (χ1n) is 4.48. The summed E-state index contributed by atoms with van der Waals surface area (Å²) in [7, 11) is 0. The van der Waals surface area contributed by atoms with Gasteiger partial charge in [-0.25, -0.2) is 0 Å². The van der Waals surface area contributed by atoms with E-state index in [9.17, 15) is 0 Å². The fourth-order valence-corrected chi connectivity index (χ4v) is 2.60. The highest BCUT2D eigenvalue weighted by molar-refractivity contribution is 9.11. The Kier molecular flexibility index (Phi) is 3.50. The SMILES string of the molecule is Cc1nnc(CNCc2ccc(Br)s2)o1. The summed E-state index contributed by atoms with van der Waals surface area (Å²) >= 11 is 5.14. The van der Waals surface area contributed by atoms with Gasteiger partial charge in [0.05, 0.1) is 10.3 Å². The molecule has 0 atom stereocenters. The van der Waals surface area contributed by atoms with Crippen LogP contribution in [0.5, 0.6) is 0 Å². The van der Waals surface area contributed by atoms with Crippen LogP contribution in [0.15, 0.2) is 20.3 Å². The van der Waals surface area contributed by atoms with Gasteiger partial charge in [-0.3, -0.25) is 0 Å². The zero-order valence-corrected chi connectivity index (χ0v) is 10.6. The molecule has 0 saturated carbocycles. The summed E-state index contributed by atoms with van der Waals surface area (Å²) in [5.41, 5.74) is 0. The summed E-state index contributed by atoms with van der Waals surface area (Å²) in [4.78, 5) is 1.28. The number of hydrogen-bond acceptors (Lipinski definition) is 5. The lowest BCUT2D eigenvalue weighted by Crippen LogP contribution is -2.11. The quantitative estimate of drug-likeness (QED) is 0.939. The first kappa shape index (κ1) is 10.8. The zero-order chi connectivity index (χ0) is 10.7. The van der Waals surface area contributed by atoms with E-state index >= 15 is 0 Å². The van der Waals surface area contributed by atoms with E-state index in [1.54, 1.807) is 18.3 Å². The third-order valence-corrected chi connectivity index (χ3v) is 3.40. The number of thiophene rings is 1. The third-order valence-electron chi connectivity index (χ3n) is 1.77. The standard InChI is InChI=1S/C9H10BrN3OS/c1-6-12-13-9(14-6)5-11-4-7-2-3-8(10)15-7/h2-3,11H,4-5H2,1H3. The molecule has 0 saturated heterocycles. The molecule has 15 heavy (non-hydrogen) atoms. The molecule has 2 aromatic heterocycles. The molecule has 2 heterocycles. The Balaban J connectivity index is 1.80. The molecule has 0 aromatic carbocycles. The van der Waals surface area contributed by atoms with Gasteiger partial charge in [-0.1, -0.05) is 0 Å². The van der Waals surface area contributed by atoms with E-state index in [0.717, 1.165) is 10.3 Å². The third kappa shape index (κ3) is 3.12. The lowest BCUT2D eigenvalue weighted by atomic mass is 10.4. The number of aryl methyl sites for hydroxylation is 1. The van der Waals surface area contributed by atoms with E-state index in [0.29, 0.717) is 18.3 Å². The number of aromatic nitrogens is 2. The van der Waals surface area contributed by atoms with Gasteiger partial charge >= 0.3 is 0 Å². The van der Waals surface area contributed by atoms with Crippen molar-refractivity contribution >= 4 is 27.3 Å². The maximum atomic E-state index is 5.24. The number of hydrogen-bond donors (Lipinski definition) is 1. The maximum absolute atomic E-state index is 5.24. The fraction of sp³-hybridized carbons (Fsp3) is 0.333. The minimum atomic E-state index is 0.602.